The van der Waals surface area contributed by atoms with Gasteiger partial charge in [-0.2, -0.15) is 0 Å². The number of unbranched alkanes of at least 4 members (excludes halogenated alkanes) is 2. The number of benzene rings is 1. The van der Waals surface area contributed by atoms with Crippen molar-refractivity contribution in [2.75, 3.05) is 13.2 Å². The number of ether oxygens (including phenoxy) is 1. The summed E-state index contributed by atoms with van der Waals surface area (Å²) >= 11 is 0. The Bertz CT molecular complexity index is 686. The van der Waals surface area contributed by atoms with Crippen molar-refractivity contribution in [1.29, 1.82) is 0 Å². The van der Waals surface area contributed by atoms with Gasteiger partial charge in [0.2, 0.25) is 10.0 Å². The maximum absolute atomic E-state index is 12.2. The summed E-state index contributed by atoms with van der Waals surface area (Å²) in [5, 5.41) is 2.67. The molecule has 1 aromatic rings. The second kappa shape index (κ2) is 10.9. The lowest BCUT2D eigenvalue weighted by molar-refractivity contribution is -0.124. The molecular formula is C18H28N2O5S. The maximum Gasteiger partial charge on any atom is 0.338 e. The first kappa shape index (κ1) is 22.1. The Kier molecular flexibility index (Phi) is 9.29. The molecule has 0 fully saturated rings. The second-order valence-corrected chi connectivity index (χ2v) is 7.80. The van der Waals surface area contributed by atoms with Crippen LogP contribution in [0.2, 0.25) is 0 Å². The standard InChI is InChI=1S/C18H28N2O5S/c1-4-6-7-12-19-17(21)13-25-18(22)15-8-10-16(11-9-15)26(23,24)20-14(3)5-2/h8-11,14,20H,4-7,12-13H2,1-3H3,(H,19,21). The number of esters is 1. The van der Waals surface area contributed by atoms with E-state index in [2.05, 4.69) is 17.0 Å². The Hall–Kier alpha value is -1.93. The zero-order valence-electron chi connectivity index (χ0n) is 15.6. The van der Waals surface area contributed by atoms with Gasteiger partial charge in [-0.25, -0.2) is 17.9 Å². The Morgan fingerprint density at radius 3 is 2.35 bits per heavy atom. The van der Waals surface area contributed by atoms with E-state index in [1.807, 2.05) is 6.92 Å². The average Bonchev–Trinajstić information content (AvgIpc) is 2.63. The van der Waals surface area contributed by atoms with Crippen LogP contribution in [0.1, 0.15) is 56.8 Å². The Labute approximate surface area is 155 Å². The predicted octanol–water partition coefficient (Wildman–Crippen LogP) is 2.23. The highest BCUT2D eigenvalue weighted by atomic mass is 32.2. The Morgan fingerprint density at radius 1 is 1.12 bits per heavy atom. The highest BCUT2D eigenvalue weighted by Crippen LogP contribution is 2.12. The van der Waals surface area contributed by atoms with E-state index in [4.69, 9.17) is 4.74 Å². The minimum absolute atomic E-state index is 0.0722. The molecule has 0 heterocycles. The molecule has 26 heavy (non-hydrogen) atoms. The molecule has 8 heteroatoms. The molecule has 0 aliphatic carbocycles. The molecule has 0 saturated carbocycles. The number of hydrogen-bond acceptors (Lipinski definition) is 5. The first-order valence-corrected chi connectivity index (χ1v) is 10.3. The van der Waals surface area contributed by atoms with Crippen molar-refractivity contribution in [2.24, 2.45) is 0 Å². The van der Waals surface area contributed by atoms with Gasteiger partial charge in [0, 0.05) is 12.6 Å². The quantitative estimate of drug-likeness (QED) is 0.450. The molecule has 1 rings (SSSR count). The third kappa shape index (κ3) is 7.53. The van der Waals surface area contributed by atoms with Gasteiger partial charge in [0.1, 0.15) is 0 Å². The van der Waals surface area contributed by atoms with Crippen LogP contribution in [0.4, 0.5) is 0 Å². The van der Waals surface area contributed by atoms with E-state index in [0.29, 0.717) is 13.0 Å². The van der Waals surface area contributed by atoms with E-state index >= 15 is 0 Å². The minimum atomic E-state index is -3.62. The van der Waals surface area contributed by atoms with Gasteiger partial charge in [0.05, 0.1) is 10.5 Å². The van der Waals surface area contributed by atoms with Crippen molar-refractivity contribution in [3.05, 3.63) is 29.8 Å². The highest BCUT2D eigenvalue weighted by Gasteiger charge is 2.17. The Morgan fingerprint density at radius 2 is 1.77 bits per heavy atom. The summed E-state index contributed by atoms with van der Waals surface area (Å²) in [6.45, 7) is 5.92. The third-order valence-electron chi connectivity index (χ3n) is 3.81. The molecule has 0 saturated heterocycles. The number of hydrogen-bond donors (Lipinski definition) is 2. The van der Waals surface area contributed by atoms with Gasteiger partial charge < -0.3 is 10.1 Å². The first-order chi connectivity index (χ1) is 12.3. The smallest absolute Gasteiger partial charge is 0.338 e. The number of carbonyl (C=O) groups excluding carboxylic acids is 2. The molecule has 0 bridgehead atoms. The summed E-state index contributed by atoms with van der Waals surface area (Å²) < 4.78 is 31.8. The zero-order valence-corrected chi connectivity index (χ0v) is 16.4. The molecule has 1 amide bonds. The third-order valence-corrected chi connectivity index (χ3v) is 5.41. The van der Waals surface area contributed by atoms with Crippen LogP contribution in [0, 0.1) is 0 Å². The molecule has 0 radical (unpaired) electrons. The largest absolute Gasteiger partial charge is 0.452 e. The SMILES string of the molecule is CCCCCNC(=O)COC(=O)c1ccc(S(=O)(=O)NC(C)CC)cc1. The van der Waals surface area contributed by atoms with Gasteiger partial charge >= 0.3 is 5.97 Å². The van der Waals surface area contributed by atoms with E-state index in [9.17, 15) is 18.0 Å². The molecule has 1 unspecified atom stereocenters. The van der Waals surface area contributed by atoms with E-state index in [0.717, 1.165) is 19.3 Å². The summed E-state index contributed by atoms with van der Waals surface area (Å²) in [6.07, 6.45) is 3.64. The summed E-state index contributed by atoms with van der Waals surface area (Å²) in [4.78, 5) is 23.6. The number of sulfonamides is 1. The lowest BCUT2D eigenvalue weighted by Crippen LogP contribution is -2.32. The van der Waals surface area contributed by atoms with Crippen LogP contribution in [-0.2, 0) is 19.6 Å². The van der Waals surface area contributed by atoms with Crippen LogP contribution in [0.3, 0.4) is 0 Å². The average molecular weight is 384 g/mol. The lowest BCUT2D eigenvalue weighted by atomic mass is 10.2. The van der Waals surface area contributed by atoms with Gasteiger partial charge in [-0.05, 0) is 44.0 Å². The summed E-state index contributed by atoms with van der Waals surface area (Å²) in [5.74, 6) is -1.03. The van der Waals surface area contributed by atoms with Crippen LogP contribution >= 0.6 is 0 Å². The lowest BCUT2D eigenvalue weighted by Gasteiger charge is -2.12. The molecule has 146 valence electrons. The van der Waals surface area contributed by atoms with Crippen molar-refractivity contribution in [3.8, 4) is 0 Å². The molecule has 1 atom stereocenters. The van der Waals surface area contributed by atoms with Crippen molar-refractivity contribution in [1.82, 2.24) is 10.0 Å². The summed E-state index contributed by atoms with van der Waals surface area (Å²) in [7, 11) is -3.62. The number of nitrogens with one attached hydrogen (secondary N) is 2. The number of carbonyl (C=O) groups is 2. The van der Waals surface area contributed by atoms with Crippen molar-refractivity contribution in [3.63, 3.8) is 0 Å². The first-order valence-electron chi connectivity index (χ1n) is 8.86. The summed E-state index contributed by atoms with van der Waals surface area (Å²) in [6, 6.07) is 5.23. The topological polar surface area (TPSA) is 102 Å². The highest BCUT2D eigenvalue weighted by molar-refractivity contribution is 7.89. The molecule has 7 nitrogen and oxygen atoms in total. The van der Waals surface area contributed by atoms with E-state index in [1.165, 1.54) is 24.3 Å². The van der Waals surface area contributed by atoms with Gasteiger partial charge in [-0.15, -0.1) is 0 Å². The van der Waals surface area contributed by atoms with Gasteiger partial charge in [0.25, 0.3) is 5.91 Å². The fourth-order valence-corrected chi connectivity index (χ4v) is 3.38. The van der Waals surface area contributed by atoms with E-state index in [-0.39, 0.29) is 29.0 Å². The zero-order chi connectivity index (χ0) is 19.6. The van der Waals surface area contributed by atoms with Crippen LogP contribution in [0.5, 0.6) is 0 Å². The monoisotopic (exact) mass is 384 g/mol. The van der Waals surface area contributed by atoms with E-state index < -0.39 is 16.0 Å². The molecule has 0 aliphatic heterocycles. The molecular weight excluding hydrogens is 356 g/mol. The minimum Gasteiger partial charge on any atom is -0.452 e. The molecule has 0 spiro atoms. The van der Waals surface area contributed by atoms with E-state index in [1.54, 1.807) is 6.92 Å². The fourth-order valence-electron chi connectivity index (χ4n) is 2.05. The van der Waals surface area contributed by atoms with Crippen molar-refractivity contribution >= 4 is 21.9 Å². The Balaban J connectivity index is 2.55. The molecule has 1 aromatic carbocycles. The second-order valence-electron chi connectivity index (χ2n) is 6.09. The van der Waals surface area contributed by atoms with Gasteiger partial charge in [-0.1, -0.05) is 26.7 Å². The number of amides is 1. The van der Waals surface area contributed by atoms with Crippen molar-refractivity contribution < 1.29 is 22.7 Å². The fraction of sp³-hybridized carbons (Fsp3) is 0.556. The van der Waals surface area contributed by atoms with Crippen LogP contribution < -0.4 is 10.0 Å². The molecule has 2 N–H and O–H groups in total. The van der Waals surface area contributed by atoms with Gasteiger partial charge in [0.15, 0.2) is 6.61 Å². The number of rotatable bonds is 11. The van der Waals surface area contributed by atoms with Crippen LogP contribution in [-0.4, -0.2) is 39.5 Å². The van der Waals surface area contributed by atoms with Crippen LogP contribution in [0.15, 0.2) is 29.2 Å². The maximum atomic E-state index is 12.2. The molecule has 0 aromatic heterocycles. The normalized spacial score (nSPS) is 12.4. The van der Waals surface area contributed by atoms with Crippen molar-refractivity contribution in [2.45, 2.75) is 57.4 Å². The van der Waals surface area contributed by atoms with Crippen LogP contribution in [0.25, 0.3) is 0 Å². The molecule has 0 aliphatic rings. The van der Waals surface area contributed by atoms with Gasteiger partial charge in [-0.3, -0.25) is 4.79 Å². The predicted molar refractivity (Wildman–Crippen MR) is 99.3 cm³/mol. The summed E-state index contributed by atoms with van der Waals surface area (Å²) in [5.41, 5.74) is 0.186.